The van der Waals surface area contributed by atoms with Gasteiger partial charge in [0.1, 0.15) is 5.25 Å². The molecule has 0 fully saturated rings. The predicted molar refractivity (Wildman–Crippen MR) is 133 cm³/mol. The van der Waals surface area contributed by atoms with Gasteiger partial charge in [0.05, 0.1) is 6.42 Å². The number of hydrogen-bond acceptors (Lipinski definition) is 5. The maximum Gasteiger partial charge on any atom is 0.368 e. The molecule has 184 valence electrons. The van der Waals surface area contributed by atoms with Gasteiger partial charge in [-0.3, -0.25) is 0 Å². The minimum Gasteiger partial charge on any atom is -0.247 e. The van der Waals surface area contributed by atoms with Crippen LogP contribution in [0.5, 0.6) is 0 Å². The summed E-state index contributed by atoms with van der Waals surface area (Å²) in [7, 11) is 0. The van der Waals surface area contributed by atoms with E-state index in [-0.39, 0.29) is 0 Å². The predicted octanol–water partition coefficient (Wildman–Crippen LogP) is 8.52. The summed E-state index contributed by atoms with van der Waals surface area (Å²) in [5, 5.41) is -0.518. The highest BCUT2D eigenvalue weighted by Crippen LogP contribution is 2.14. The monoisotopic (exact) mass is 458 g/mol. The average molecular weight is 459 g/mol. The quantitative estimate of drug-likeness (QED) is 0.0764. The van der Waals surface area contributed by atoms with Crippen LogP contribution in [0.1, 0.15) is 149 Å². The van der Waals surface area contributed by atoms with Crippen LogP contribution in [0.4, 0.5) is 0 Å². The van der Waals surface area contributed by atoms with E-state index in [1.807, 2.05) is 0 Å². The number of carbonyl (C=O) groups excluding carboxylic acids is 2. The lowest BCUT2D eigenvalue weighted by atomic mass is 10.0. The SMILES string of the molecule is CCCCCCCCCCCCCCCCCC(=O)OOC(=O)C(S)CCCCCC. The lowest BCUT2D eigenvalue weighted by Crippen LogP contribution is -2.20. The molecule has 0 radical (unpaired) electrons. The fourth-order valence-corrected chi connectivity index (χ4v) is 3.93. The summed E-state index contributed by atoms with van der Waals surface area (Å²) in [5.41, 5.74) is 0. The Bertz CT molecular complexity index is 414. The highest BCUT2D eigenvalue weighted by atomic mass is 32.1. The Morgan fingerprint density at radius 1 is 0.581 bits per heavy atom. The van der Waals surface area contributed by atoms with Crippen molar-refractivity contribution in [3.63, 3.8) is 0 Å². The molecular weight excluding hydrogens is 408 g/mol. The molecule has 0 N–H and O–H groups in total. The molecule has 0 amide bonds. The van der Waals surface area contributed by atoms with Gasteiger partial charge in [0.2, 0.25) is 0 Å². The second-order valence-electron chi connectivity index (χ2n) is 8.92. The van der Waals surface area contributed by atoms with E-state index in [0.717, 1.165) is 44.9 Å². The summed E-state index contributed by atoms with van der Waals surface area (Å²) in [5.74, 6) is -1.03. The lowest BCUT2D eigenvalue weighted by Gasteiger charge is -2.09. The van der Waals surface area contributed by atoms with Crippen LogP contribution in [0.3, 0.4) is 0 Å². The van der Waals surface area contributed by atoms with Gasteiger partial charge in [-0.15, -0.1) is 0 Å². The molecule has 0 rings (SSSR count). The summed E-state index contributed by atoms with van der Waals surface area (Å²) in [6.07, 6.45) is 24.6. The average Bonchev–Trinajstić information content (AvgIpc) is 2.77. The summed E-state index contributed by atoms with van der Waals surface area (Å²) >= 11 is 4.23. The van der Waals surface area contributed by atoms with Crippen molar-refractivity contribution < 1.29 is 19.4 Å². The Labute approximate surface area is 197 Å². The van der Waals surface area contributed by atoms with Gasteiger partial charge in [-0.1, -0.05) is 129 Å². The molecule has 5 heteroatoms. The number of unbranched alkanes of at least 4 members (excludes halogenated alkanes) is 17. The Morgan fingerprint density at radius 2 is 0.968 bits per heavy atom. The van der Waals surface area contributed by atoms with Crippen molar-refractivity contribution in [1.29, 1.82) is 0 Å². The molecule has 0 aliphatic carbocycles. The first-order valence-electron chi connectivity index (χ1n) is 13.2. The third-order valence-corrected chi connectivity index (χ3v) is 6.27. The Kier molecular flexibility index (Phi) is 23.4. The molecule has 1 unspecified atom stereocenters. The standard InChI is InChI=1S/C26H50O4S/c1-3-5-7-9-10-11-12-13-14-15-16-17-18-19-21-23-25(27)29-30-26(28)24(31)22-20-8-6-4-2/h24,31H,3-23H2,1-2H3. The van der Waals surface area contributed by atoms with E-state index in [1.165, 1.54) is 77.0 Å². The normalized spacial score (nSPS) is 12.0. The first-order chi connectivity index (χ1) is 15.1. The molecular formula is C26H50O4S. The molecule has 31 heavy (non-hydrogen) atoms. The van der Waals surface area contributed by atoms with Crippen LogP contribution in [0.15, 0.2) is 0 Å². The molecule has 0 aromatic carbocycles. The van der Waals surface area contributed by atoms with E-state index in [0.29, 0.717) is 12.8 Å². The molecule has 4 nitrogen and oxygen atoms in total. The van der Waals surface area contributed by atoms with Crippen molar-refractivity contribution in [3.8, 4) is 0 Å². The van der Waals surface area contributed by atoms with Crippen molar-refractivity contribution in [3.05, 3.63) is 0 Å². The Morgan fingerprint density at radius 3 is 1.42 bits per heavy atom. The summed E-state index contributed by atoms with van der Waals surface area (Å²) in [4.78, 5) is 32.7. The summed E-state index contributed by atoms with van der Waals surface area (Å²) in [6.45, 7) is 4.41. The second-order valence-corrected chi connectivity index (χ2v) is 9.55. The molecule has 0 saturated carbocycles. The molecule has 0 saturated heterocycles. The zero-order chi connectivity index (χ0) is 23.0. The molecule has 0 bridgehead atoms. The van der Waals surface area contributed by atoms with Crippen LogP contribution >= 0.6 is 12.6 Å². The summed E-state index contributed by atoms with van der Waals surface area (Å²) < 4.78 is 0. The van der Waals surface area contributed by atoms with Gasteiger partial charge in [-0.2, -0.15) is 12.6 Å². The third kappa shape index (κ3) is 22.3. The molecule has 0 aliphatic rings. The van der Waals surface area contributed by atoms with Crippen LogP contribution in [-0.2, 0) is 19.4 Å². The van der Waals surface area contributed by atoms with E-state index >= 15 is 0 Å². The zero-order valence-electron chi connectivity index (χ0n) is 20.5. The lowest BCUT2D eigenvalue weighted by molar-refractivity contribution is -0.258. The highest BCUT2D eigenvalue weighted by molar-refractivity contribution is 7.81. The first kappa shape index (κ1) is 30.3. The molecule has 0 aliphatic heterocycles. The number of hydrogen-bond donors (Lipinski definition) is 1. The van der Waals surface area contributed by atoms with E-state index in [9.17, 15) is 9.59 Å². The van der Waals surface area contributed by atoms with E-state index in [4.69, 9.17) is 0 Å². The molecule has 0 spiro atoms. The van der Waals surface area contributed by atoms with Crippen molar-refractivity contribution in [1.82, 2.24) is 0 Å². The van der Waals surface area contributed by atoms with Crippen LogP contribution < -0.4 is 0 Å². The highest BCUT2D eigenvalue weighted by Gasteiger charge is 2.18. The maximum absolute atomic E-state index is 11.7. The van der Waals surface area contributed by atoms with Crippen molar-refractivity contribution in [2.45, 2.75) is 154 Å². The van der Waals surface area contributed by atoms with Gasteiger partial charge in [0.15, 0.2) is 0 Å². The summed E-state index contributed by atoms with van der Waals surface area (Å²) in [6, 6.07) is 0. The second kappa shape index (κ2) is 23.9. The minimum absolute atomic E-state index is 0.305. The van der Waals surface area contributed by atoms with Crippen molar-refractivity contribution in [2.24, 2.45) is 0 Å². The smallest absolute Gasteiger partial charge is 0.247 e. The largest absolute Gasteiger partial charge is 0.368 e. The fraction of sp³-hybridized carbons (Fsp3) is 0.923. The number of thiol groups is 1. The van der Waals surface area contributed by atoms with Crippen LogP contribution in [0.2, 0.25) is 0 Å². The maximum atomic E-state index is 11.7. The number of rotatable bonds is 22. The van der Waals surface area contributed by atoms with Gasteiger partial charge in [0, 0.05) is 0 Å². The van der Waals surface area contributed by atoms with Gasteiger partial charge in [-0.05, 0) is 12.8 Å². The van der Waals surface area contributed by atoms with E-state index in [2.05, 4.69) is 36.3 Å². The Balaban J connectivity index is 3.36. The third-order valence-electron chi connectivity index (χ3n) is 5.80. The van der Waals surface area contributed by atoms with Gasteiger partial charge in [-0.25, -0.2) is 19.4 Å². The van der Waals surface area contributed by atoms with Crippen molar-refractivity contribution in [2.75, 3.05) is 0 Å². The molecule has 0 heterocycles. The van der Waals surface area contributed by atoms with Crippen LogP contribution in [-0.4, -0.2) is 17.2 Å². The molecule has 0 aromatic rings. The molecule has 1 atom stereocenters. The molecule has 0 aromatic heterocycles. The van der Waals surface area contributed by atoms with E-state index in [1.54, 1.807) is 0 Å². The first-order valence-corrected chi connectivity index (χ1v) is 13.7. The van der Waals surface area contributed by atoms with Crippen molar-refractivity contribution >= 4 is 24.6 Å². The van der Waals surface area contributed by atoms with Gasteiger partial charge in [0.25, 0.3) is 0 Å². The zero-order valence-corrected chi connectivity index (χ0v) is 21.4. The minimum atomic E-state index is -0.565. The van der Waals surface area contributed by atoms with Gasteiger partial charge < -0.3 is 0 Å². The fourth-order valence-electron chi connectivity index (χ4n) is 3.71. The van der Waals surface area contributed by atoms with Crippen LogP contribution in [0.25, 0.3) is 0 Å². The number of carbonyl (C=O) groups is 2. The van der Waals surface area contributed by atoms with E-state index < -0.39 is 17.2 Å². The van der Waals surface area contributed by atoms with Gasteiger partial charge >= 0.3 is 11.9 Å². The topological polar surface area (TPSA) is 52.6 Å². The Hall–Kier alpha value is -0.710. The van der Waals surface area contributed by atoms with Crippen LogP contribution in [0, 0.1) is 0 Å².